The zero-order valence-corrected chi connectivity index (χ0v) is 18.5. The highest BCUT2D eigenvalue weighted by molar-refractivity contribution is 7.89. The van der Waals surface area contributed by atoms with E-state index in [1.165, 1.54) is 4.31 Å². The topological polar surface area (TPSA) is 105 Å². The Bertz CT molecular complexity index is 787. The predicted octanol–water partition coefficient (Wildman–Crippen LogP) is 0.918. The molecule has 0 aliphatic carbocycles. The summed E-state index contributed by atoms with van der Waals surface area (Å²) in [5, 5.41) is 6.76. The normalized spacial score (nSPS) is 25.2. The molecule has 0 radical (unpaired) electrons. The molecule has 2 saturated heterocycles. The number of nitrogens with one attached hydrogen (secondary N) is 1. The van der Waals surface area contributed by atoms with Crippen LogP contribution in [0.4, 0.5) is 0 Å². The first kappa shape index (κ1) is 22.2. The third kappa shape index (κ3) is 5.17. The van der Waals surface area contributed by atoms with E-state index in [2.05, 4.69) is 29.2 Å². The van der Waals surface area contributed by atoms with Crippen LogP contribution in [0.2, 0.25) is 0 Å². The molecule has 2 fully saturated rings. The summed E-state index contributed by atoms with van der Waals surface area (Å²) in [6.07, 6.45) is 1.44. The molecule has 1 aromatic rings. The molecule has 0 saturated carbocycles. The highest BCUT2D eigenvalue weighted by Crippen LogP contribution is 2.27. The highest BCUT2D eigenvalue weighted by Gasteiger charge is 2.35. The number of rotatable bonds is 6. The van der Waals surface area contributed by atoms with Crippen LogP contribution in [-0.4, -0.2) is 80.2 Å². The lowest BCUT2D eigenvalue weighted by atomic mass is 9.97. The quantitative estimate of drug-likeness (QED) is 0.718. The average Bonchev–Trinajstić information content (AvgIpc) is 3.00. The van der Waals surface area contributed by atoms with Gasteiger partial charge in [-0.15, -0.1) is 0 Å². The SMILES string of the molecule is Cc1noc(C)c1S(=O)(=O)N1CCC(C(=O)NCCN2CC(C)OC(C)C2)CC1. The summed E-state index contributed by atoms with van der Waals surface area (Å²) in [7, 11) is -3.64. The summed E-state index contributed by atoms with van der Waals surface area (Å²) in [5.74, 6) is 0.150. The average molecular weight is 429 g/mol. The van der Waals surface area contributed by atoms with Crippen molar-refractivity contribution < 1.29 is 22.5 Å². The van der Waals surface area contributed by atoms with Crippen molar-refractivity contribution in [3.8, 4) is 0 Å². The van der Waals surface area contributed by atoms with Gasteiger partial charge in [0.25, 0.3) is 0 Å². The van der Waals surface area contributed by atoms with E-state index < -0.39 is 10.0 Å². The second-order valence-electron chi connectivity index (χ2n) is 8.14. The Balaban J connectivity index is 1.46. The smallest absolute Gasteiger partial charge is 0.248 e. The molecule has 29 heavy (non-hydrogen) atoms. The number of hydrogen-bond acceptors (Lipinski definition) is 7. The summed E-state index contributed by atoms with van der Waals surface area (Å²) in [6.45, 7) is 11.1. The Morgan fingerprint density at radius 2 is 1.79 bits per heavy atom. The van der Waals surface area contributed by atoms with E-state index >= 15 is 0 Å². The van der Waals surface area contributed by atoms with E-state index in [-0.39, 0.29) is 28.9 Å². The molecule has 10 heteroatoms. The summed E-state index contributed by atoms with van der Waals surface area (Å²) in [6, 6.07) is 0. The van der Waals surface area contributed by atoms with Crippen LogP contribution in [0, 0.1) is 19.8 Å². The van der Waals surface area contributed by atoms with Crippen LogP contribution in [-0.2, 0) is 19.6 Å². The molecule has 1 aromatic heterocycles. The minimum atomic E-state index is -3.64. The number of amides is 1. The molecular weight excluding hydrogens is 396 g/mol. The van der Waals surface area contributed by atoms with Crippen molar-refractivity contribution in [1.29, 1.82) is 0 Å². The highest BCUT2D eigenvalue weighted by atomic mass is 32.2. The molecule has 2 unspecified atom stereocenters. The van der Waals surface area contributed by atoms with Gasteiger partial charge in [0.2, 0.25) is 15.9 Å². The number of carbonyl (C=O) groups excluding carboxylic acids is 1. The van der Waals surface area contributed by atoms with E-state index in [1.54, 1.807) is 13.8 Å². The zero-order chi connectivity index (χ0) is 21.2. The Hall–Kier alpha value is -1.49. The molecule has 0 spiro atoms. The van der Waals surface area contributed by atoms with Gasteiger partial charge in [0.1, 0.15) is 10.6 Å². The van der Waals surface area contributed by atoms with Gasteiger partial charge < -0.3 is 14.6 Å². The lowest BCUT2D eigenvalue weighted by molar-refractivity contribution is -0.126. The Kier molecular flexibility index (Phi) is 6.98. The Morgan fingerprint density at radius 3 is 2.34 bits per heavy atom. The van der Waals surface area contributed by atoms with Gasteiger partial charge in [-0.2, -0.15) is 4.31 Å². The second kappa shape index (κ2) is 9.11. The fourth-order valence-corrected chi connectivity index (χ4v) is 6.04. The van der Waals surface area contributed by atoms with Crippen molar-refractivity contribution in [3.63, 3.8) is 0 Å². The van der Waals surface area contributed by atoms with Crippen molar-refractivity contribution in [2.75, 3.05) is 39.3 Å². The zero-order valence-electron chi connectivity index (χ0n) is 17.7. The third-order valence-electron chi connectivity index (χ3n) is 5.61. The van der Waals surface area contributed by atoms with Gasteiger partial charge in [-0.3, -0.25) is 9.69 Å². The van der Waals surface area contributed by atoms with Crippen LogP contribution in [0.3, 0.4) is 0 Å². The van der Waals surface area contributed by atoms with Crippen LogP contribution < -0.4 is 5.32 Å². The number of sulfonamides is 1. The number of hydrogen-bond donors (Lipinski definition) is 1. The molecule has 2 aliphatic heterocycles. The van der Waals surface area contributed by atoms with E-state index in [0.717, 1.165) is 19.6 Å². The van der Waals surface area contributed by atoms with Crippen molar-refractivity contribution in [3.05, 3.63) is 11.5 Å². The van der Waals surface area contributed by atoms with Gasteiger partial charge in [-0.25, -0.2) is 8.42 Å². The molecule has 3 heterocycles. The van der Waals surface area contributed by atoms with Crippen molar-refractivity contribution in [1.82, 2.24) is 19.7 Å². The fourth-order valence-electron chi connectivity index (χ4n) is 4.28. The van der Waals surface area contributed by atoms with Gasteiger partial charge in [0.05, 0.1) is 12.2 Å². The fraction of sp³-hybridized carbons (Fsp3) is 0.789. The van der Waals surface area contributed by atoms with Crippen LogP contribution in [0.15, 0.2) is 9.42 Å². The molecule has 9 nitrogen and oxygen atoms in total. The summed E-state index contributed by atoms with van der Waals surface area (Å²) in [4.78, 5) is 15.0. The van der Waals surface area contributed by atoms with Gasteiger partial charge in [-0.05, 0) is 40.5 Å². The van der Waals surface area contributed by atoms with E-state index in [4.69, 9.17) is 9.26 Å². The monoisotopic (exact) mass is 428 g/mol. The summed E-state index contributed by atoms with van der Waals surface area (Å²) >= 11 is 0. The first-order valence-corrected chi connectivity index (χ1v) is 11.7. The van der Waals surface area contributed by atoms with Crippen LogP contribution in [0.25, 0.3) is 0 Å². The maximum Gasteiger partial charge on any atom is 0.248 e. The second-order valence-corrected chi connectivity index (χ2v) is 10.0. The number of morpholine rings is 1. The maximum atomic E-state index is 12.9. The van der Waals surface area contributed by atoms with Crippen LogP contribution in [0.1, 0.15) is 38.1 Å². The number of nitrogens with zero attached hydrogens (tertiary/aromatic N) is 3. The molecule has 1 N–H and O–H groups in total. The van der Waals surface area contributed by atoms with Crippen molar-refractivity contribution in [2.45, 2.75) is 57.6 Å². The molecule has 0 aromatic carbocycles. The van der Waals surface area contributed by atoms with Crippen molar-refractivity contribution in [2.24, 2.45) is 5.92 Å². The number of ether oxygens (including phenoxy) is 1. The number of carbonyl (C=O) groups is 1. The van der Waals surface area contributed by atoms with Gasteiger partial charge in [0, 0.05) is 45.2 Å². The Morgan fingerprint density at radius 1 is 1.17 bits per heavy atom. The van der Waals surface area contributed by atoms with Crippen molar-refractivity contribution >= 4 is 15.9 Å². The lowest BCUT2D eigenvalue weighted by Gasteiger charge is -2.35. The molecular formula is C19H32N4O5S. The predicted molar refractivity (Wildman–Crippen MR) is 107 cm³/mol. The minimum Gasteiger partial charge on any atom is -0.373 e. The van der Waals surface area contributed by atoms with E-state index in [9.17, 15) is 13.2 Å². The van der Waals surface area contributed by atoms with Crippen LogP contribution in [0.5, 0.6) is 0 Å². The number of aryl methyl sites for hydroxylation is 2. The maximum absolute atomic E-state index is 12.9. The molecule has 2 aliphatic rings. The van der Waals surface area contributed by atoms with E-state index in [1.807, 2.05) is 0 Å². The Labute approximate surface area is 172 Å². The molecule has 1 amide bonds. The number of piperidine rings is 1. The third-order valence-corrected chi connectivity index (χ3v) is 7.76. The molecule has 164 valence electrons. The standard InChI is InChI=1S/C19H32N4O5S/c1-13-11-22(12-14(2)27-13)10-7-20-19(24)17-5-8-23(9-6-17)29(25,26)18-15(3)21-28-16(18)4/h13-14,17H,5-12H2,1-4H3,(H,20,24). The molecule has 2 atom stereocenters. The van der Waals surface area contributed by atoms with Gasteiger partial charge in [0.15, 0.2) is 5.76 Å². The van der Waals surface area contributed by atoms with Gasteiger partial charge in [-0.1, -0.05) is 5.16 Å². The first-order chi connectivity index (χ1) is 13.7. The first-order valence-electron chi connectivity index (χ1n) is 10.3. The molecule has 0 bridgehead atoms. The van der Waals surface area contributed by atoms with Gasteiger partial charge >= 0.3 is 0 Å². The molecule has 3 rings (SSSR count). The lowest BCUT2D eigenvalue weighted by Crippen LogP contribution is -2.48. The summed E-state index contributed by atoms with van der Waals surface area (Å²) in [5.41, 5.74) is 0.370. The summed E-state index contributed by atoms with van der Waals surface area (Å²) < 4.78 is 37.9. The number of aromatic nitrogens is 1. The van der Waals surface area contributed by atoms with E-state index in [0.29, 0.717) is 43.9 Å². The largest absolute Gasteiger partial charge is 0.373 e. The minimum absolute atomic E-state index is 0.00810. The van der Waals surface area contributed by atoms with Crippen LogP contribution >= 0.6 is 0 Å².